The van der Waals surface area contributed by atoms with E-state index in [0.29, 0.717) is 43.4 Å². The number of unbranched alkanes of at least 4 members (excludes halogenated alkanes) is 2. The van der Waals surface area contributed by atoms with Crippen LogP contribution in [-0.2, 0) is 24.0 Å². The predicted molar refractivity (Wildman–Crippen MR) is 128 cm³/mol. The van der Waals surface area contributed by atoms with E-state index in [1.807, 2.05) is 0 Å². The molecule has 0 radical (unpaired) electrons. The van der Waals surface area contributed by atoms with E-state index < -0.39 is 5.97 Å². The molecule has 2 rings (SSSR count). The lowest BCUT2D eigenvalue weighted by atomic mass is 10.2. The number of aldehydes is 1. The third kappa shape index (κ3) is 9.54. The molecule has 0 atom stereocenters. The van der Waals surface area contributed by atoms with Gasteiger partial charge in [0.1, 0.15) is 17.6 Å². The molecule has 35 heavy (non-hydrogen) atoms. The van der Waals surface area contributed by atoms with Gasteiger partial charge >= 0.3 is 5.97 Å². The van der Waals surface area contributed by atoms with Gasteiger partial charge in [-0.2, -0.15) is 0 Å². The van der Waals surface area contributed by atoms with Crippen molar-refractivity contribution in [2.24, 2.45) is 4.99 Å². The average molecular weight is 482 g/mol. The Morgan fingerprint density at radius 1 is 1.09 bits per heavy atom. The smallest absolute Gasteiger partial charge is 0.328 e. The van der Waals surface area contributed by atoms with Crippen LogP contribution in [0.15, 0.2) is 41.4 Å². The van der Waals surface area contributed by atoms with E-state index in [0.717, 1.165) is 6.08 Å². The highest BCUT2D eigenvalue weighted by Gasteiger charge is 2.22. The number of aliphatic carboxylic acids is 1. The van der Waals surface area contributed by atoms with Crippen molar-refractivity contribution in [1.29, 1.82) is 5.41 Å². The number of nitrogens with zero attached hydrogens (tertiary/aromatic N) is 2. The van der Waals surface area contributed by atoms with Gasteiger partial charge < -0.3 is 15.4 Å². The molecule has 0 fully saturated rings. The van der Waals surface area contributed by atoms with Gasteiger partial charge in [-0.25, -0.2) is 9.79 Å². The molecule has 2 heterocycles. The number of hydrogen-bond donors (Lipinski definition) is 4. The number of pyridine rings is 1. The van der Waals surface area contributed by atoms with Crippen LogP contribution >= 0.6 is 0 Å². The van der Waals surface area contributed by atoms with Gasteiger partial charge in [-0.1, -0.05) is 6.42 Å². The monoisotopic (exact) mass is 481 g/mol. The molecule has 0 saturated heterocycles. The Balaban J connectivity index is 1.80. The molecule has 1 aromatic heterocycles. The molecule has 184 valence electrons. The molecular weight excluding hydrogens is 454 g/mol. The normalized spacial score (nSPS) is 13.8. The fraction of sp³-hybridized carbons (Fsp3) is 0.292. The van der Waals surface area contributed by atoms with E-state index in [2.05, 4.69) is 15.3 Å². The number of allylic oxidation sites excluding steroid dienone is 1. The summed E-state index contributed by atoms with van der Waals surface area (Å²) in [5.74, 6) is -1.92. The van der Waals surface area contributed by atoms with Gasteiger partial charge in [0.05, 0.1) is 0 Å². The number of amidine groups is 1. The molecule has 0 aliphatic carbocycles. The summed E-state index contributed by atoms with van der Waals surface area (Å²) in [5, 5.41) is 19.6. The summed E-state index contributed by atoms with van der Waals surface area (Å²) in [6.45, 7) is 0.543. The lowest BCUT2D eigenvalue weighted by Gasteiger charge is -2.13. The number of imide groups is 1. The minimum absolute atomic E-state index is 0.0183. The molecule has 0 unspecified atom stereocenters. The molecule has 3 amide bonds. The van der Waals surface area contributed by atoms with Crippen LogP contribution in [0.5, 0.6) is 0 Å². The van der Waals surface area contributed by atoms with Crippen molar-refractivity contribution in [2.75, 3.05) is 13.1 Å². The maximum absolute atomic E-state index is 12.0. The van der Waals surface area contributed by atoms with E-state index in [1.54, 1.807) is 12.1 Å². The Kier molecular flexibility index (Phi) is 10.7. The highest BCUT2D eigenvalue weighted by Crippen LogP contribution is 2.07. The Labute approximate surface area is 201 Å². The van der Waals surface area contributed by atoms with Crippen LogP contribution in [0.2, 0.25) is 0 Å². The first-order valence-corrected chi connectivity index (χ1v) is 11.0. The number of nitrogens with one attached hydrogen (secondary N) is 3. The first kappa shape index (κ1) is 26.8. The summed E-state index contributed by atoms with van der Waals surface area (Å²) in [6.07, 6.45) is 10.5. The lowest BCUT2D eigenvalue weighted by Crippen LogP contribution is -2.30. The number of rotatable bonds is 13. The van der Waals surface area contributed by atoms with E-state index in [4.69, 9.17) is 10.5 Å². The first-order chi connectivity index (χ1) is 16.8. The largest absolute Gasteiger partial charge is 0.478 e. The third-order valence-electron chi connectivity index (χ3n) is 4.86. The summed E-state index contributed by atoms with van der Waals surface area (Å²) in [6, 6.07) is 3.25. The zero-order valence-electron chi connectivity index (χ0n) is 19.0. The van der Waals surface area contributed by atoms with Gasteiger partial charge in [0.15, 0.2) is 0 Å². The van der Waals surface area contributed by atoms with Crippen LogP contribution < -0.4 is 10.8 Å². The molecule has 11 nitrogen and oxygen atoms in total. The molecule has 11 heteroatoms. The third-order valence-corrected chi connectivity index (χ3v) is 4.86. The number of aromatic amines is 1. The van der Waals surface area contributed by atoms with Gasteiger partial charge in [-0.15, -0.1) is 0 Å². The molecule has 0 spiro atoms. The van der Waals surface area contributed by atoms with Crippen LogP contribution in [0.25, 0.3) is 12.2 Å². The predicted octanol–water partition coefficient (Wildman–Crippen LogP) is 1.19. The number of carboxylic acid groups (broad SMARTS) is 1. The summed E-state index contributed by atoms with van der Waals surface area (Å²) < 4.78 is 0. The minimum Gasteiger partial charge on any atom is -0.478 e. The number of carbonyl (C=O) groups is 5. The molecule has 1 aromatic rings. The number of carboxylic acids is 1. The molecule has 1 aliphatic rings. The van der Waals surface area contributed by atoms with Crippen molar-refractivity contribution in [3.05, 3.63) is 53.2 Å². The zero-order chi connectivity index (χ0) is 25.6. The topological polar surface area (TPSA) is 173 Å². The summed E-state index contributed by atoms with van der Waals surface area (Å²) in [4.78, 5) is 64.6. The van der Waals surface area contributed by atoms with Crippen molar-refractivity contribution >= 4 is 48.0 Å². The second-order valence-corrected chi connectivity index (χ2v) is 7.51. The Bertz CT molecular complexity index is 1130. The van der Waals surface area contributed by atoms with Gasteiger partial charge in [-0.3, -0.25) is 29.5 Å². The van der Waals surface area contributed by atoms with Crippen LogP contribution in [0.1, 0.15) is 43.4 Å². The van der Waals surface area contributed by atoms with E-state index in [-0.39, 0.29) is 48.4 Å². The molecule has 1 aliphatic heterocycles. The number of H-pyrrole nitrogens is 1. The quantitative estimate of drug-likeness (QED) is 0.0822. The summed E-state index contributed by atoms with van der Waals surface area (Å²) in [5.41, 5.74) is 1.26. The van der Waals surface area contributed by atoms with Gasteiger partial charge in [0.25, 0.3) is 11.8 Å². The second kappa shape index (κ2) is 14.0. The maximum Gasteiger partial charge on any atom is 0.328 e. The molecular formula is C24H27N5O6. The number of aromatic nitrogens is 1. The molecule has 0 bridgehead atoms. The SMILES string of the molecule is N=C(CCNC(=O)CCCCCN1C(=O)C=CC1=O)/N=c1\[nH]c(/C=C/C(=O)O)ccc1/C=C/C=O. The van der Waals surface area contributed by atoms with Crippen LogP contribution in [0.4, 0.5) is 0 Å². The second-order valence-electron chi connectivity index (χ2n) is 7.51. The van der Waals surface area contributed by atoms with Crippen LogP contribution in [0.3, 0.4) is 0 Å². The highest BCUT2D eigenvalue weighted by molar-refractivity contribution is 6.12. The minimum atomic E-state index is -1.11. The van der Waals surface area contributed by atoms with Crippen LogP contribution in [0, 0.1) is 5.41 Å². The Morgan fingerprint density at radius 3 is 2.51 bits per heavy atom. The van der Waals surface area contributed by atoms with Gasteiger partial charge in [0, 0.05) is 55.4 Å². The van der Waals surface area contributed by atoms with E-state index >= 15 is 0 Å². The summed E-state index contributed by atoms with van der Waals surface area (Å²) in [7, 11) is 0. The van der Waals surface area contributed by atoms with E-state index in [1.165, 1.54) is 35.3 Å². The maximum atomic E-state index is 12.0. The fourth-order valence-corrected chi connectivity index (χ4v) is 3.12. The highest BCUT2D eigenvalue weighted by atomic mass is 16.4. The van der Waals surface area contributed by atoms with Crippen molar-refractivity contribution < 1.29 is 29.1 Å². The van der Waals surface area contributed by atoms with Gasteiger partial charge in [0.2, 0.25) is 5.91 Å². The lowest BCUT2D eigenvalue weighted by molar-refractivity contribution is -0.137. The average Bonchev–Trinajstić information content (AvgIpc) is 3.14. The van der Waals surface area contributed by atoms with Crippen LogP contribution in [-0.4, -0.2) is 63.9 Å². The molecule has 0 aromatic carbocycles. The molecule has 4 N–H and O–H groups in total. The molecule has 0 saturated carbocycles. The Morgan fingerprint density at radius 2 is 1.83 bits per heavy atom. The zero-order valence-corrected chi connectivity index (χ0v) is 19.0. The van der Waals surface area contributed by atoms with Crippen molar-refractivity contribution in [3.63, 3.8) is 0 Å². The first-order valence-electron chi connectivity index (χ1n) is 11.0. The number of hydrogen-bond acceptors (Lipinski definition) is 6. The van der Waals surface area contributed by atoms with Gasteiger partial charge in [-0.05, 0) is 43.2 Å². The number of carbonyl (C=O) groups excluding carboxylic acids is 4. The standard InChI is InChI=1S/C24H27N5O6/c25-19(28-24-17(5-4-16-30)7-8-18(27-24)9-12-23(34)35)13-14-26-20(31)6-2-1-3-15-29-21(32)10-11-22(29)33/h4-5,7-12,16H,1-3,6,13-15H2,(H,26,31)(H,34,35)(H2,25,27,28)/b5-4+,12-9+. The van der Waals surface area contributed by atoms with E-state index in [9.17, 15) is 24.0 Å². The number of amides is 3. The Hall–Kier alpha value is -4.41. The summed E-state index contributed by atoms with van der Waals surface area (Å²) >= 11 is 0. The fourth-order valence-electron chi connectivity index (χ4n) is 3.12. The van der Waals surface area contributed by atoms with Crippen molar-refractivity contribution in [2.45, 2.75) is 32.1 Å². The van der Waals surface area contributed by atoms with Crippen molar-refractivity contribution in [1.82, 2.24) is 15.2 Å². The van der Waals surface area contributed by atoms with Crippen molar-refractivity contribution in [3.8, 4) is 0 Å².